The van der Waals surface area contributed by atoms with Gasteiger partial charge in [0, 0.05) is 46.2 Å². The van der Waals surface area contributed by atoms with Crippen molar-refractivity contribution >= 4 is 28.5 Å². The standard InChI is InChI=1S/C20H17ClN4O/c1-11-7-12(8-23-19(11)22)14-9-24-20-17(18(14)21)15(10-25-20)13-5-3-4-6-16(13)26-2/h3-10H,1-2H3,(H2,22,23)(H,24,25). The number of anilines is 1. The fourth-order valence-electron chi connectivity index (χ4n) is 3.07. The van der Waals surface area contributed by atoms with Gasteiger partial charge in [-0.15, -0.1) is 0 Å². The molecule has 0 aliphatic carbocycles. The maximum absolute atomic E-state index is 6.80. The Bertz CT molecular complexity index is 1120. The molecule has 4 aromatic rings. The fourth-order valence-corrected chi connectivity index (χ4v) is 3.42. The molecule has 0 radical (unpaired) electrons. The van der Waals surface area contributed by atoms with Gasteiger partial charge in [-0.1, -0.05) is 29.8 Å². The number of halogens is 1. The molecule has 0 amide bonds. The molecule has 0 atom stereocenters. The number of nitrogen functional groups attached to an aromatic ring is 1. The highest BCUT2D eigenvalue weighted by Gasteiger charge is 2.17. The summed E-state index contributed by atoms with van der Waals surface area (Å²) in [5.74, 6) is 1.29. The van der Waals surface area contributed by atoms with Crippen LogP contribution in [0.4, 0.5) is 5.82 Å². The van der Waals surface area contributed by atoms with Gasteiger partial charge in [0.2, 0.25) is 0 Å². The van der Waals surface area contributed by atoms with Crippen LogP contribution in [0.1, 0.15) is 5.56 Å². The van der Waals surface area contributed by atoms with E-state index in [0.29, 0.717) is 10.8 Å². The van der Waals surface area contributed by atoms with E-state index in [2.05, 4.69) is 15.0 Å². The van der Waals surface area contributed by atoms with E-state index in [0.717, 1.165) is 44.6 Å². The summed E-state index contributed by atoms with van der Waals surface area (Å²) in [4.78, 5) is 12.0. The number of benzene rings is 1. The molecule has 3 N–H and O–H groups in total. The Morgan fingerprint density at radius 2 is 1.88 bits per heavy atom. The van der Waals surface area contributed by atoms with Crippen molar-refractivity contribution in [3.8, 4) is 28.0 Å². The lowest BCUT2D eigenvalue weighted by molar-refractivity contribution is 0.416. The number of aromatic amines is 1. The Hall–Kier alpha value is -3.05. The number of nitrogens with zero attached hydrogens (tertiary/aromatic N) is 2. The lowest BCUT2D eigenvalue weighted by Gasteiger charge is -2.10. The molecule has 5 nitrogen and oxygen atoms in total. The van der Waals surface area contributed by atoms with Gasteiger partial charge in [-0.2, -0.15) is 0 Å². The first-order chi connectivity index (χ1) is 12.6. The van der Waals surface area contributed by atoms with Crippen molar-refractivity contribution in [3.05, 3.63) is 59.5 Å². The molecule has 0 saturated carbocycles. The molecule has 0 fully saturated rings. The van der Waals surface area contributed by atoms with Crippen LogP contribution in [0, 0.1) is 6.92 Å². The molecule has 0 spiro atoms. The van der Waals surface area contributed by atoms with Crippen LogP contribution in [0.25, 0.3) is 33.3 Å². The van der Waals surface area contributed by atoms with E-state index < -0.39 is 0 Å². The monoisotopic (exact) mass is 364 g/mol. The number of rotatable bonds is 3. The van der Waals surface area contributed by atoms with Crippen LogP contribution in [0.3, 0.4) is 0 Å². The number of ether oxygens (including phenoxy) is 1. The summed E-state index contributed by atoms with van der Waals surface area (Å²) in [6, 6.07) is 9.79. The number of aromatic nitrogens is 3. The average Bonchev–Trinajstić information content (AvgIpc) is 3.09. The molecule has 6 heteroatoms. The Morgan fingerprint density at radius 1 is 1.08 bits per heavy atom. The zero-order valence-corrected chi connectivity index (χ0v) is 15.1. The van der Waals surface area contributed by atoms with Crippen molar-refractivity contribution in [3.63, 3.8) is 0 Å². The molecule has 0 saturated heterocycles. The third kappa shape index (κ3) is 2.57. The minimum absolute atomic E-state index is 0.510. The molecule has 1 aromatic carbocycles. The van der Waals surface area contributed by atoms with Crippen LogP contribution in [-0.4, -0.2) is 22.1 Å². The van der Waals surface area contributed by atoms with Gasteiger partial charge < -0.3 is 15.5 Å². The first-order valence-electron chi connectivity index (χ1n) is 8.11. The molecule has 4 rings (SSSR count). The van der Waals surface area contributed by atoms with E-state index in [1.807, 2.05) is 43.5 Å². The number of H-pyrrole nitrogens is 1. The van der Waals surface area contributed by atoms with Gasteiger partial charge in [0.05, 0.1) is 12.1 Å². The summed E-state index contributed by atoms with van der Waals surface area (Å²) in [5.41, 5.74) is 11.0. The van der Waals surface area contributed by atoms with Crippen LogP contribution in [0.2, 0.25) is 5.02 Å². The number of pyridine rings is 2. The van der Waals surface area contributed by atoms with Gasteiger partial charge in [-0.05, 0) is 24.6 Å². The molecule has 3 aromatic heterocycles. The molecule has 0 aliphatic rings. The molecule has 3 heterocycles. The summed E-state index contributed by atoms with van der Waals surface area (Å²) < 4.78 is 5.50. The summed E-state index contributed by atoms with van der Waals surface area (Å²) in [5, 5.41) is 1.46. The van der Waals surface area contributed by atoms with Crippen LogP contribution in [-0.2, 0) is 0 Å². The normalized spacial score (nSPS) is 11.0. The molecule has 0 aliphatic heterocycles. The summed E-state index contributed by atoms with van der Waals surface area (Å²) >= 11 is 6.80. The number of methoxy groups -OCH3 is 1. The molecular formula is C20H17ClN4O. The van der Waals surface area contributed by atoms with E-state index >= 15 is 0 Å². The van der Waals surface area contributed by atoms with Gasteiger partial charge in [0.15, 0.2) is 0 Å². The van der Waals surface area contributed by atoms with Crippen molar-refractivity contribution in [1.29, 1.82) is 0 Å². The van der Waals surface area contributed by atoms with E-state index in [9.17, 15) is 0 Å². The SMILES string of the molecule is COc1ccccc1-c1c[nH]c2ncc(-c3cnc(N)c(C)c3)c(Cl)c12. The number of aryl methyl sites for hydroxylation is 1. The van der Waals surface area contributed by atoms with Crippen LogP contribution < -0.4 is 10.5 Å². The molecular weight excluding hydrogens is 348 g/mol. The second-order valence-electron chi connectivity index (χ2n) is 6.04. The van der Waals surface area contributed by atoms with E-state index in [-0.39, 0.29) is 0 Å². The van der Waals surface area contributed by atoms with Gasteiger partial charge >= 0.3 is 0 Å². The largest absolute Gasteiger partial charge is 0.496 e. The predicted octanol–water partition coefficient (Wildman–Crippen LogP) is 4.84. The third-order valence-corrected chi connectivity index (χ3v) is 4.86. The second-order valence-corrected chi connectivity index (χ2v) is 6.42. The first kappa shape index (κ1) is 16.4. The zero-order valence-electron chi connectivity index (χ0n) is 14.4. The Kier molecular flexibility index (Phi) is 4.01. The summed E-state index contributed by atoms with van der Waals surface area (Å²) in [7, 11) is 1.65. The molecule has 0 unspecified atom stereocenters. The summed E-state index contributed by atoms with van der Waals surface area (Å²) in [6.07, 6.45) is 5.37. The quantitative estimate of drug-likeness (QED) is 0.545. The lowest BCUT2D eigenvalue weighted by Crippen LogP contribution is -1.95. The van der Waals surface area contributed by atoms with E-state index in [1.165, 1.54) is 0 Å². The molecule has 130 valence electrons. The highest BCUT2D eigenvalue weighted by molar-refractivity contribution is 6.39. The fraction of sp³-hybridized carbons (Fsp3) is 0.100. The van der Waals surface area contributed by atoms with Crippen LogP contribution in [0.15, 0.2) is 48.9 Å². The van der Waals surface area contributed by atoms with Crippen molar-refractivity contribution in [2.24, 2.45) is 0 Å². The van der Waals surface area contributed by atoms with Gasteiger partial charge in [-0.3, -0.25) is 0 Å². The average molecular weight is 365 g/mol. The Labute approximate surface area is 155 Å². The van der Waals surface area contributed by atoms with Gasteiger partial charge in [0.25, 0.3) is 0 Å². The topological polar surface area (TPSA) is 76.8 Å². The van der Waals surface area contributed by atoms with Crippen molar-refractivity contribution in [2.45, 2.75) is 6.92 Å². The molecule has 0 bridgehead atoms. The Balaban J connectivity index is 1.97. The van der Waals surface area contributed by atoms with Gasteiger partial charge in [0.1, 0.15) is 17.2 Å². The predicted molar refractivity (Wildman–Crippen MR) is 105 cm³/mol. The number of hydrogen-bond donors (Lipinski definition) is 2. The van der Waals surface area contributed by atoms with Crippen LogP contribution in [0.5, 0.6) is 5.75 Å². The number of nitrogens with one attached hydrogen (secondary N) is 1. The van der Waals surface area contributed by atoms with Crippen molar-refractivity contribution in [2.75, 3.05) is 12.8 Å². The first-order valence-corrected chi connectivity index (χ1v) is 8.49. The number of hydrogen-bond acceptors (Lipinski definition) is 4. The highest BCUT2D eigenvalue weighted by Crippen LogP contribution is 2.41. The van der Waals surface area contributed by atoms with E-state index in [4.69, 9.17) is 22.1 Å². The van der Waals surface area contributed by atoms with Crippen LogP contribution >= 0.6 is 11.6 Å². The smallest absolute Gasteiger partial charge is 0.139 e. The minimum atomic E-state index is 0.510. The number of para-hydroxylation sites is 1. The highest BCUT2D eigenvalue weighted by atomic mass is 35.5. The van der Waals surface area contributed by atoms with Crippen molar-refractivity contribution in [1.82, 2.24) is 15.0 Å². The lowest BCUT2D eigenvalue weighted by atomic mass is 10.0. The summed E-state index contributed by atoms with van der Waals surface area (Å²) in [6.45, 7) is 1.92. The minimum Gasteiger partial charge on any atom is -0.496 e. The second kappa shape index (κ2) is 6.35. The maximum Gasteiger partial charge on any atom is 0.139 e. The van der Waals surface area contributed by atoms with Gasteiger partial charge in [-0.25, -0.2) is 9.97 Å². The van der Waals surface area contributed by atoms with Crippen molar-refractivity contribution < 1.29 is 4.74 Å². The maximum atomic E-state index is 6.80. The number of nitrogens with two attached hydrogens (primary N) is 1. The van der Waals surface area contributed by atoms with E-state index in [1.54, 1.807) is 19.5 Å². The Morgan fingerprint density at radius 3 is 2.65 bits per heavy atom. The zero-order chi connectivity index (χ0) is 18.3. The number of fused-ring (bicyclic) bond motifs is 1. The third-order valence-electron chi connectivity index (χ3n) is 4.46. The molecule has 26 heavy (non-hydrogen) atoms.